The van der Waals surface area contributed by atoms with Gasteiger partial charge in [0.15, 0.2) is 23.2 Å². The molecule has 1 N–H and O–H groups in total. The van der Waals surface area contributed by atoms with Crippen LogP contribution in [0.5, 0.6) is 0 Å². The summed E-state index contributed by atoms with van der Waals surface area (Å²) in [6, 6.07) is 0. The zero-order chi connectivity index (χ0) is 18.7. The molecule has 0 amide bonds. The SMILES string of the molecule is CC1(C)O[C@H]2[C@H](O1)[C@@H](n1cnc3c(=O)[nH]cnc31)O[C@H]2COS(C)(=O)=O. The van der Waals surface area contributed by atoms with Crippen LogP contribution in [0.25, 0.3) is 11.2 Å². The van der Waals surface area contributed by atoms with Gasteiger partial charge in [-0.25, -0.2) is 9.97 Å². The Kier molecular flexibility index (Phi) is 3.93. The number of fused-ring (bicyclic) bond motifs is 2. The number of rotatable bonds is 4. The first-order valence-corrected chi connectivity index (χ1v) is 9.72. The molecular formula is C14H18N4O7S. The van der Waals surface area contributed by atoms with Gasteiger partial charge in [0.2, 0.25) is 0 Å². The Balaban J connectivity index is 1.69. The van der Waals surface area contributed by atoms with Crippen molar-refractivity contribution in [2.75, 3.05) is 12.9 Å². The van der Waals surface area contributed by atoms with E-state index in [0.717, 1.165) is 6.26 Å². The van der Waals surface area contributed by atoms with Gasteiger partial charge in [0, 0.05) is 0 Å². The summed E-state index contributed by atoms with van der Waals surface area (Å²) in [4.78, 5) is 22.5. The van der Waals surface area contributed by atoms with Gasteiger partial charge in [-0.05, 0) is 13.8 Å². The van der Waals surface area contributed by atoms with E-state index in [1.165, 1.54) is 12.7 Å². The number of ether oxygens (including phenoxy) is 3. The van der Waals surface area contributed by atoms with Crippen LogP contribution in [0.3, 0.4) is 0 Å². The Morgan fingerprint density at radius 2 is 2.04 bits per heavy atom. The van der Waals surface area contributed by atoms with Crippen LogP contribution in [0.15, 0.2) is 17.4 Å². The van der Waals surface area contributed by atoms with Crippen molar-refractivity contribution in [2.24, 2.45) is 0 Å². The van der Waals surface area contributed by atoms with Crippen LogP contribution in [-0.4, -0.2) is 64.9 Å². The molecule has 0 aliphatic carbocycles. The van der Waals surface area contributed by atoms with E-state index in [-0.39, 0.29) is 17.7 Å². The van der Waals surface area contributed by atoms with E-state index in [9.17, 15) is 13.2 Å². The second-order valence-electron chi connectivity index (χ2n) is 6.67. The van der Waals surface area contributed by atoms with Crippen molar-refractivity contribution in [1.82, 2.24) is 19.5 Å². The third-order valence-corrected chi connectivity index (χ3v) is 4.78. The maximum atomic E-state index is 11.9. The molecule has 0 aromatic carbocycles. The molecular weight excluding hydrogens is 368 g/mol. The Hall–Kier alpha value is -1.86. The summed E-state index contributed by atoms with van der Waals surface area (Å²) in [5.41, 5.74) is 0.126. The van der Waals surface area contributed by atoms with Crippen molar-refractivity contribution in [3.63, 3.8) is 0 Å². The maximum Gasteiger partial charge on any atom is 0.278 e. The van der Waals surface area contributed by atoms with Gasteiger partial charge in [-0.3, -0.25) is 13.5 Å². The smallest absolute Gasteiger partial charge is 0.278 e. The lowest BCUT2D eigenvalue weighted by atomic mass is 10.1. The molecule has 4 atom stereocenters. The van der Waals surface area contributed by atoms with Gasteiger partial charge >= 0.3 is 0 Å². The molecule has 12 heteroatoms. The number of aromatic amines is 1. The van der Waals surface area contributed by atoms with Gasteiger partial charge in [0.05, 0.1) is 25.5 Å². The molecule has 4 rings (SSSR count). The minimum absolute atomic E-state index is 0.168. The molecule has 0 bridgehead atoms. The summed E-state index contributed by atoms with van der Waals surface area (Å²) >= 11 is 0. The standard InChI is InChI=1S/C14H18N4O7S/c1-14(2)24-9-7(4-22-26(3,20)21)23-13(10(9)25-14)18-6-17-8-11(18)15-5-16-12(8)19/h5-7,9-10,13H,4H2,1-3H3,(H,15,16,19)/t7-,9+,10-,13-/m0/s1. The van der Waals surface area contributed by atoms with Gasteiger partial charge in [-0.15, -0.1) is 0 Å². The van der Waals surface area contributed by atoms with Crippen LogP contribution < -0.4 is 5.56 Å². The minimum Gasteiger partial charge on any atom is -0.347 e. The van der Waals surface area contributed by atoms with E-state index < -0.39 is 40.4 Å². The van der Waals surface area contributed by atoms with Gasteiger partial charge in [0.1, 0.15) is 18.3 Å². The fourth-order valence-corrected chi connectivity index (χ4v) is 3.64. The second kappa shape index (κ2) is 5.82. The Morgan fingerprint density at radius 1 is 1.31 bits per heavy atom. The lowest BCUT2D eigenvalue weighted by Gasteiger charge is -2.24. The zero-order valence-electron chi connectivity index (χ0n) is 14.3. The topological polar surface area (TPSA) is 135 Å². The van der Waals surface area contributed by atoms with Crippen molar-refractivity contribution in [2.45, 2.75) is 44.2 Å². The molecule has 11 nitrogen and oxygen atoms in total. The molecule has 0 radical (unpaired) electrons. The highest BCUT2D eigenvalue weighted by Gasteiger charge is 2.56. The monoisotopic (exact) mass is 386 g/mol. The van der Waals surface area contributed by atoms with Crippen LogP contribution in [0, 0.1) is 0 Å². The number of hydrogen-bond acceptors (Lipinski definition) is 9. The summed E-state index contributed by atoms with van der Waals surface area (Å²) in [5.74, 6) is -0.873. The number of nitrogens with zero attached hydrogens (tertiary/aromatic N) is 3. The van der Waals surface area contributed by atoms with Gasteiger partial charge in [-0.2, -0.15) is 8.42 Å². The third kappa shape index (κ3) is 3.03. The highest BCUT2D eigenvalue weighted by molar-refractivity contribution is 7.85. The van der Waals surface area contributed by atoms with Crippen LogP contribution in [0.2, 0.25) is 0 Å². The molecule has 4 heterocycles. The molecule has 2 aliphatic heterocycles. The first kappa shape index (κ1) is 17.5. The fourth-order valence-electron chi connectivity index (χ4n) is 3.26. The molecule has 2 aromatic heterocycles. The average Bonchev–Trinajstić information content (AvgIpc) is 3.16. The summed E-state index contributed by atoms with van der Waals surface area (Å²) in [6.45, 7) is 3.30. The molecule has 2 saturated heterocycles. The first-order valence-electron chi connectivity index (χ1n) is 7.90. The van der Waals surface area contributed by atoms with Gasteiger partial charge in [0.25, 0.3) is 15.7 Å². The Morgan fingerprint density at radius 3 is 2.77 bits per heavy atom. The number of H-pyrrole nitrogens is 1. The lowest BCUT2D eigenvalue weighted by Crippen LogP contribution is -2.33. The van der Waals surface area contributed by atoms with Crippen LogP contribution in [-0.2, 0) is 28.5 Å². The summed E-state index contributed by atoms with van der Waals surface area (Å²) in [6.07, 6.45) is 1.20. The van der Waals surface area contributed by atoms with E-state index in [0.29, 0.717) is 5.65 Å². The van der Waals surface area contributed by atoms with E-state index in [2.05, 4.69) is 15.0 Å². The lowest BCUT2D eigenvalue weighted by molar-refractivity contribution is -0.198. The third-order valence-electron chi connectivity index (χ3n) is 4.21. The molecule has 0 saturated carbocycles. The zero-order valence-corrected chi connectivity index (χ0v) is 15.1. The second-order valence-corrected chi connectivity index (χ2v) is 8.32. The summed E-state index contributed by atoms with van der Waals surface area (Å²) < 4.78 is 46.8. The highest BCUT2D eigenvalue weighted by Crippen LogP contribution is 2.43. The number of hydrogen-bond donors (Lipinski definition) is 1. The summed E-state index contributed by atoms with van der Waals surface area (Å²) in [7, 11) is -3.63. The fraction of sp³-hybridized carbons (Fsp3) is 0.643. The predicted molar refractivity (Wildman–Crippen MR) is 86.7 cm³/mol. The molecule has 0 spiro atoms. The molecule has 2 aromatic rings. The Bertz CT molecular complexity index is 998. The quantitative estimate of drug-likeness (QED) is 0.691. The molecule has 2 aliphatic rings. The molecule has 2 fully saturated rings. The summed E-state index contributed by atoms with van der Waals surface area (Å²) in [5, 5.41) is 0. The molecule has 26 heavy (non-hydrogen) atoms. The van der Waals surface area contributed by atoms with E-state index in [1.807, 2.05) is 0 Å². The van der Waals surface area contributed by atoms with Crippen molar-refractivity contribution in [3.05, 3.63) is 23.0 Å². The van der Waals surface area contributed by atoms with Crippen LogP contribution >= 0.6 is 0 Å². The van der Waals surface area contributed by atoms with E-state index in [1.54, 1.807) is 18.4 Å². The van der Waals surface area contributed by atoms with Crippen molar-refractivity contribution < 1.29 is 26.8 Å². The van der Waals surface area contributed by atoms with Crippen molar-refractivity contribution in [3.8, 4) is 0 Å². The average molecular weight is 386 g/mol. The number of aromatic nitrogens is 4. The van der Waals surface area contributed by atoms with Crippen molar-refractivity contribution >= 4 is 21.3 Å². The number of imidazole rings is 1. The predicted octanol–water partition coefficient (Wildman–Crippen LogP) is -0.487. The normalized spacial score (nSPS) is 30.7. The maximum absolute atomic E-state index is 11.9. The van der Waals surface area contributed by atoms with E-state index in [4.69, 9.17) is 18.4 Å². The van der Waals surface area contributed by atoms with Gasteiger partial charge in [-0.1, -0.05) is 0 Å². The van der Waals surface area contributed by atoms with Crippen LogP contribution in [0.4, 0.5) is 0 Å². The Labute approximate surface area is 148 Å². The van der Waals surface area contributed by atoms with Gasteiger partial charge < -0.3 is 19.2 Å². The minimum atomic E-state index is -3.63. The molecule has 0 unspecified atom stereocenters. The first-order chi connectivity index (χ1) is 12.1. The largest absolute Gasteiger partial charge is 0.347 e. The highest BCUT2D eigenvalue weighted by atomic mass is 32.2. The molecule has 142 valence electrons. The van der Waals surface area contributed by atoms with Crippen LogP contribution in [0.1, 0.15) is 20.1 Å². The number of nitrogens with one attached hydrogen (secondary N) is 1. The van der Waals surface area contributed by atoms with Crippen molar-refractivity contribution in [1.29, 1.82) is 0 Å². The van der Waals surface area contributed by atoms with E-state index >= 15 is 0 Å².